The van der Waals surface area contributed by atoms with Crippen LogP contribution < -0.4 is 29.2 Å². The minimum atomic E-state index is -0.949. The van der Waals surface area contributed by atoms with Gasteiger partial charge in [0, 0.05) is 12.8 Å². The predicted octanol–water partition coefficient (Wildman–Crippen LogP) is 2.60. The SMILES string of the molecule is COc1cc(C(C#N)NC(=O)CCC(=O)N2CCOc3ccccc32)cc(OC)c1OC. The van der Waals surface area contributed by atoms with E-state index in [0.717, 1.165) is 0 Å². The first-order valence-corrected chi connectivity index (χ1v) is 10.0. The van der Waals surface area contributed by atoms with E-state index >= 15 is 0 Å². The van der Waals surface area contributed by atoms with E-state index in [1.165, 1.54) is 21.3 Å². The average molecular weight is 439 g/mol. The Bertz CT molecular complexity index is 1010. The molecule has 1 atom stereocenters. The summed E-state index contributed by atoms with van der Waals surface area (Å²) in [5.41, 5.74) is 1.17. The summed E-state index contributed by atoms with van der Waals surface area (Å²) in [6.07, 6.45) is -0.0471. The van der Waals surface area contributed by atoms with Crippen LogP contribution in [0.2, 0.25) is 0 Å². The highest BCUT2D eigenvalue weighted by Gasteiger charge is 2.25. The third-order valence-electron chi connectivity index (χ3n) is 5.05. The van der Waals surface area contributed by atoms with Gasteiger partial charge in [0.2, 0.25) is 17.6 Å². The molecule has 0 bridgehead atoms. The highest BCUT2D eigenvalue weighted by Crippen LogP contribution is 2.39. The molecule has 9 nitrogen and oxygen atoms in total. The molecule has 1 N–H and O–H groups in total. The van der Waals surface area contributed by atoms with Gasteiger partial charge in [0.25, 0.3) is 0 Å². The summed E-state index contributed by atoms with van der Waals surface area (Å²) >= 11 is 0. The van der Waals surface area contributed by atoms with E-state index in [4.69, 9.17) is 18.9 Å². The third kappa shape index (κ3) is 4.86. The van der Waals surface area contributed by atoms with Crippen LogP contribution in [0.1, 0.15) is 24.4 Å². The summed E-state index contributed by atoms with van der Waals surface area (Å²) in [4.78, 5) is 26.8. The Morgan fingerprint density at radius 2 is 1.81 bits per heavy atom. The Labute approximate surface area is 186 Å². The number of nitriles is 1. The van der Waals surface area contributed by atoms with E-state index in [-0.39, 0.29) is 18.7 Å². The number of para-hydroxylation sites is 2. The van der Waals surface area contributed by atoms with Gasteiger partial charge in [0.15, 0.2) is 11.5 Å². The molecule has 1 heterocycles. The zero-order valence-corrected chi connectivity index (χ0v) is 18.2. The van der Waals surface area contributed by atoms with Gasteiger partial charge >= 0.3 is 0 Å². The minimum absolute atomic E-state index is 0.00751. The summed E-state index contributed by atoms with van der Waals surface area (Å²) < 4.78 is 21.5. The molecule has 0 spiro atoms. The van der Waals surface area contributed by atoms with Gasteiger partial charge in [0.1, 0.15) is 18.4 Å². The van der Waals surface area contributed by atoms with Gasteiger partial charge in [-0.3, -0.25) is 9.59 Å². The fourth-order valence-electron chi connectivity index (χ4n) is 3.48. The molecule has 32 heavy (non-hydrogen) atoms. The van der Waals surface area contributed by atoms with E-state index in [1.807, 2.05) is 18.2 Å². The van der Waals surface area contributed by atoms with Gasteiger partial charge in [-0.1, -0.05) is 12.1 Å². The number of ether oxygens (including phenoxy) is 4. The first kappa shape index (κ1) is 22.7. The smallest absolute Gasteiger partial charge is 0.227 e. The Morgan fingerprint density at radius 1 is 1.12 bits per heavy atom. The number of methoxy groups -OCH3 is 3. The maximum atomic E-state index is 12.7. The number of fused-ring (bicyclic) bond motifs is 1. The molecule has 2 aromatic carbocycles. The quantitative estimate of drug-likeness (QED) is 0.673. The number of hydrogen-bond acceptors (Lipinski definition) is 7. The molecule has 1 aliphatic rings. The lowest BCUT2D eigenvalue weighted by atomic mass is 10.1. The van der Waals surface area contributed by atoms with Crippen LogP contribution in [0.3, 0.4) is 0 Å². The number of nitrogens with zero attached hydrogens (tertiary/aromatic N) is 2. The topological polar surface area (TPSA) is 110 Å². The Morgan fingerprint density at radius 3 is 2.44 bits per heavy atom. The van der Waals surface area contributed by atoms with Gasteiger partial charge in [-0.15, -0.1) is 0 Å². The van der Waals surface area contributed by atoms with Crippen LogP contribution >= 0.6 is 0 Å². The number of anilines is 1. The van der Waals surface area contributed by atoms with E-state index in [1.54, 1.807) is 23.1 Å². The Balaban J connectivity index is 1.66. The van der Waals surface area contributed by atoms with E-state index in [9.17, 15) is 14.9 Å². The highest BCUT2D eigenvalue weighted by molar-refractivity contribution is 5.97. The Hall–Kier alpha value is -3.93. The fourth-order valence-corrected chi connectivity index (χ4v) is 3.48. The molecule has 1 unspecified atom stereocenters. The normalized spacial score (nSPS) is 13.1. The lowest BCUT2D eigenvalue weighted by molar-refractivity contribution is -0.125. The van der Waals surface area contributed by atoms with Crippen molar-refractivity contribution < 1.29 is 28.5 Å². The van der Waals surface area contributed by atoms with Gasteiger partial charge in [-0.05, 0) is 29.8 Å². The summed E-state index contributed by atoms with van der Waals surface area (Å²) in [5.74, 6) is 1.18. The van der Waals surface area contributed by atoms with E-state index in [0.29, 0.717) is 47.4 Å². The molecule has 1 aliphatic heterocycles. The van der Waals surface area contributed by atoms with Crippen molar-refractivity contribution in [1.82, 2.24) is 5.32 Å². The molecule has 9 heteroatoms. The van der Waals surface area contributed by atoms with Gasteiger partial charge in [0.05, 0.1) is 39.6 Å². The van der Waals surface area contributed by atoms with Crippen molar-refractivity contribution in [3.05, 3.63) is 42.0 Å². The summed E-state index contributed by atoms with van der Waals surface area (Å²) in [6, 6.07) is 11.6. The van der Waals surface area contributed by atoms with Gasteiger partial charge in [-0.2, -0.15) is 5.26 Å². The maximum Gasteiger partial charge on any atom is 0.227 e. The van der Waals surface area contributed by atoms with Crippen LogP contribution in [0.5, 0.6) is 23.0 Å². The van der Waals surface area contributed by atoms with Crippen molar-refractivity contribution in [2.75, 3.05) is 39.4 Å². The highest BCUT2D eigenvalue weighted by atomic mass is 16.5. The summed E-state index contributed by atoms with van der Waals surface area (Å²) in [7, 11) is 4.42. The molecule has 0 saturated carbocycles. The number of rotatable bonds is 8. The summed E-state index contributed by atoms with van der Waals surface area (Å²) in [5, 5.41) is 12.3. The molecule has 3 rings (SSSR count). The molecule has 2 amide bonds. The third-order valence-corrected chi connectivity index (χ3v) is 5.05. The van der Waals surface area contributed by atoms with Crippen molar-refractivity contribution in [2.45, 2.75) is 18.9 Å². The lowest BCUT2D eigenvalue weighted by Crippen LogP contribution is -2.38. The number of benzene rings is 2. The second kappa shape index (κ2) is 10.4. The minimum Gasteiger partial charge on any atom is -0.493 e. The summed E-state index contributed by atoms with van der Waals surface area (Å²) in [6.45, 7) is 0.816. The van der Waals surface area contributed by atoms with Crippen LogP contribution in [-0.4, -0.2) is 46.3 Å². The van der Waals surface area contributed by atoms with Crippen molar-refractivity contribution in [3.8, 4) is 29.1 Å². The number of carbonyl (C=O) groups is 2. The number of amides is 2. The molecule has 0 fully saturated rings. The van der Waals surface area contributed by atoms with Crippen LogP contribution in [0.25, 0.3) is 0 Å². The first-order chi connectivity index (χ1) is 15.5. The zero-order valence-electron chi connectivity index (χ0n) is 18.2. The molecule has 0 aromatic heterocycles. The monoisotopic (exact) mass is 439 g/mol. The maximum absolute atomic E-state index is 12.7. The van der Waals surface area contributed by atoms with Gasteiger partial charge in [-0.25, -0.2) is 0 Å². The van der Waals surface area contributed by atoms with Crippen molar-refractivity contribution in [1.29, 1.82) is 5.26 Å². The standard InChI is InChI=1S/C23H25N3O6/c1-29-19-12-15(13-20(30-2)23(19)31-3)16(14-24)25-21(27)8-9-22(28)26-10-11-32-18-7-5-4-6-17(18)26/h4-7,12-13,16H,8-11H2,1-3H3,(H,25,27). The van der Waals surface area contributed by atoms with Crippen molar-refractivity contribution >= 4 is 17.5 Å². The van der Waals surface area contributed by atoms with Crippen LogP contribution in [-0.2, 0) is 9.59 Å². The molecule has 168 valence electrons. The predicted molar refractivity (Wildman–Crippen MR) is 116 cm³/mol. The van der Waals surface area contributed by atoms with Gasteiger partial charge < -0.3 is 29.2 Å². The molecule has 0 radical (unpaired) electrons. The van der Waals surface area contributed by atoms with Crippen LogP contribution in [0.4, 0.5) is 5.69 Å². The lowest BCUT2D eigenvalue weighted by Gasteiger charge is -2.29. The molecular weight excluding hydrogens is 414 g/mol. The molecular formula is C23H25N3O6. The Kier molecular flexibility index (Phi) is 7.39. The number of hydrogen-bond donors (Lipinski definition) is 1. The van der Waals surface area contributed by atoms with E-state index in [2.05, 4.69) is 11.4 Å². The van der Waals surface area contributed by atoms with Crippen LogP contribution in [0, 0.1) is 11.3 Å². The average Bonchev–Trinajstić information content (AvgIpc) is 2.84. The number of carbonyl (C=O) groups excluding carboxylic acids is 2. The van der Waals surface area contributed by atoms with E-state index < -0.39 is 11.9 Å². The molecule has 0 saturated heterocycles. The second-order valence-corrected chi connectivity index (χ2v) is 6.95. The molecule has 0 aliphatic carbocycles. The second-order valence-electron chi connectivity index (χ2n) is 6.95. The van der Waals surface area contributed by atoms with Crippen molar-refractivity contribution in [3.63, 3.8) is 0 Å². The number of nitrogens with one attached hydrogen (secondary N) is 1. The first-order valence-electron chi connectivity index (χ1n) is 10.0. The fraction of sp³-hybridized carbons (Fsp3) is 0.348. The molecule has 2 aromatic rings. The van der Waals surface area contributed by atoms with Crippen molar-refractivity contribution in [2.24, 2.45) is 0 Å². The van der Waals surface area contributed by atoms with Crippen LogP contribution in [0.15, 0.2) is 36.4 Å². The zero-order chi connectivity index (χ0) is 23.1. The largest absolute Gasteiger partial charge is 0.493 e.